The van der Waals surface area contributed by atoms with Crippen molar-refractivity contribution in [2.75, 3.05) is 34.9 Å². The molecule has 1 N–H and O–H groups in total. The van der Waals surface area contributed by atoms with Crippen molar-refractivity contribution in [3.05, 3.63) is 116 Å². The summed E-state index contributed by atoms with van der Waals surface area (Å²) in [7, 11) is 6.86. The van der Waals surface area contributed by atoms with E-state index < -0.39 is 29.7 Å². The molecule has 0 unspecified atom stereocenters. The molecule has 1 fully saturated rings. The fraction of sp³-hybridized carbons (Fsp3) is 0.303. The molecule has 11 heteroatoms. The molecule has 1 saturated heterocycles. The molecule has 3 atom stereocenters. The van der Waals surface area contributed by atoms with Gasteiger partial charge < -0.3 is 29.0 Å². The Morgan fingerprint density at radius 2 is 1.70 bits per heavy atom. The Kier molecular flexibility index (Phi) is 9.99. The molecule has 4 aromatic rings. The number of methoxy groups -OCH3 is 2. The van der Waals surface area contributed by atoms with E-state index in [1.807, 2.05) is 93.0 Å². The van der Waals surface area contributed by atoms with Crippen molar-refractivity contribution in [3.8, 4) is 11.5 Å². The van der Waals surface area contributed by atoms with Crippen molar-refractivity contribution >= 4 is 34.7 Å². The Labute approximate surface area is 270 Å². The molecule has 0 saturated carbocycles. The molecule has 0 amide bonds. The van der Waals surface area contributed by atoms with Crippen LogP contribution < -0.4 is 15.2 Å². The van der Waals surface area contributed by atoms with E-state index in [1.54, 1.807) is 31.7 Å². The third kappa shape index (κ3) is 6.36. The molecule has 10 nitrogen and oxygen atoms in total. The van der Waals surface area contributed by atoms with E-state index in [2.05, 4.69) is 32.6 Å². The lowest BCUT2D eigenvalue weighted by molar-refractivity contribution is -0.0948. The van der Waals surface area contributed by atoms with Crippen LogP contribution in [0, 0.1) is 3.57 Å². The zero-order valence-electron chi connectivity index (χ0n) is 25.0. The van der Waals surface area contributed by atoms with E-state index in [1.165, 1.54) is 4.57 Å². The largest absolute Gasteiger partial charge is 0.493 e. The molecular formula is C33H35IN4O6. The van der Waals surface area contributed by atoms with E-state index in [9.17, 15) is 9.90 Å². The van der Waals surface area contributed by atoms with Crippen LogP contribution >= 0.6 is 22.6 Å². The van der Waals surface area contributed by atoms with Gasteiger partial charge in [0, 0.05) is 32.3 Å². The van der Waals surface area contributed by atoms with E-state index in [0.717, 1.165) is 16.7 Å². The molecule has 2 heterocycles. The summed E-state index contributed by atoms with van der Waals surface area (Å²) >= 11 is 2.09. The van der Waals surface area contributed by atoms with Crippen LogP contribution in [0.1, 0.15) is 29.3 Å². The second-order valence-corrected chi connectivity index (χ2v) is 11.7. The summed E-state index contributed by atoms with van der Waals surface area (Å²) in [5.41, 5.74) is 0.753. The number of benzene rings is 3. The molecule has 0 spiro atoms. The third-order valence-corrected chi connectivity index (χ3v) is 8.18. The van der Waals surface area contributed by atoms with Crippen LogP contribution in [0.5, 0.6) is 11.5 Å². The molecule has 0 radical (unpaired) electrons. The summed E-state index contributed by atoms with van der Waals surface area (Å²) in [5, 5.41) is 11.2. The maximum Gasteiger partial charge on any atom is 0.351 e. The van der Waals surface area contributed by atoms with Crippen LogP contribution in [0.4, 0.5) is 5.82 Å². The molecule has 230 valence electrons. The number of para-hydroxylation sites is 1. The number of hydrogen-bond acceptors (Lipinski definition) is 8. The average molecular weight is 711 g/mol. The highest BCUT2D eigenvalue weighted by Crippen LogP contribution is 2.47. The van der Waals surface area contributed by atoms with Crippen molar-refractivity contribution in [3.63, 3.8) is 0 Å². The van der Waals surface area contributed by atoms with E-state index in [-0.39, 0.29) is 13.0 Å². The normalized spacial score (nSPS) is 18.5. The Hall–Kier alpha value is -3.78. The highest BCUT2D eigenvalue weighted by molar-refractivity contribution is 14.1. The van der Waals surface area contributed by atoms with Crippen LogP contribution in [-0.4, -0.2) is 73.0 Å². The van der Waals surface area contributed by atoms with Gasteiger partial charge in [0.15, 0.2) is 17.3 Å². The van der Waals surface area contributed by atoms with E-state index in [0.29, 0.717) is 20.9 Å². The number of ether oxygens (including phenoxy) is 4. The maximum atomic E-state index is 13.0. The first kappa shape index (κ1) is 31.6. The first-order valence-corrected chi connectivity index (χ1v) is 15.2. The minimum absolute atomic E-state index is 0.00625. The Morgan fingerprint density at radius 3 is 2.30 bits per heavy atom. The molecule has 1 aromatic heterocycles. The fourth-order valence-electron chi connectivity index (χ4n) is 5.38. The minimum atomic E-state index is -1.16. The van der Waals surface area contributed by atoms with E-state index in [4.69, 9.17) is 18.9 Å². The van der Waals surface area contributed by atoms with Gasteiger partial charge in [0.05, 0.1) is 36.8 Å². The minimum Gasteiger partial charge on any atom is -0.493 e. The number of hydrogen-bond donors (Lipinski definition) is 1. The van der Waals surface area contributed by atoms with E-state index >= 15 is 0 Å². The Morgan fingerprint density at radius 1 is 1.05 bits per heavy atom. The number of nitrogens with zero attached hydrogens (tertiary/aromatic N) is 4. The standard InChI is InChI=1S/C33H35IN4O6/c1-37(2)21-35-31-25(34)19-38(32(40)36-31)29-18-26(39)28(44-29)20-43-33(22-12-7-5-8-13-22,23-14-9-6-10-15-23)24-16-11-17-27(41-3)30(24)42-4/h5-17,19,21,26,28-29,39H,18,20H2,1-4H3/t26-,28+,29+/m0/s1. The van der Waals surface area contributed by atoms with Gasteiger partial charge in [-0.25, -0.2) is 9.79 Å². The lowest BCUT2D eigenvalue weighted by Gasteiger charge is -2.38. The summed E-state index contributed by atoms with van der Waals surface area (Å²) in [4.78, 5) is 23.2. The number of aliphatic hydroxyl groups excluding tert-OH is 1. The van der Waals surface area contributed by atoms with Crippen molar-refractivity contribution in [1.82, 2.24) is 14.5 Å². The Balaban J connectivity index is 1.52. The molecule has 5 rings (SSSR count). The summed E-state index contributed by atoms with van der Waals surface area (Å²) in [6, 6.07) is 25.4. The van der Waals surface area contributed by atoms with Gasteiger partial charge in [-0.1, -0.05) is 72.8 Å². The molecule has 0 aliphatic carbocycles. The summed E-state index contributed by atoms with van der Waals surface area (Å²) in [5.74, 6) is 1.40. The van der Waals surface area contributed by atoms with Crippen LogP contribution in [0.3, 0.4) is 0 Å². The van der Waals surface area contributed by atoms with Crippen molar-refractivity contribution in [1.29, 1.82) is 0 Å². The van der Waals surface area contributed by atoms with Crippen LogP contribution in [-0.2, 0) is 15.1 Å². The predicted octanol–water partition coefficient (Wildman–Crippen LogP) is 4.74. The molecular weight excluding hydrogens is 675 g/mol. The van der Waals surface area contributed by atoms with Gasteiger partial charge >= 0.3 is 5.69 Å². The molecule has 44 heavy (non-hydrogen) atoms. The summed E-state index contributed by atoms with van der Waals surface area (Å²) in [6.45, 7) is 0.00625. The van der Waals surface area contributed by atoms with Gasteiger partial charge in [0.25, 0.3) is 0 Å². The quantitative estimate of drug-likeness (QED) is 0.103. The SMILES string of the molecule is COc1cccc(C(OC[C@H]2O[C@@H](n3cc(I)c(N=CN(C)C)nc3=O)C[C@@H]2O)(c2ccccc2)c2ccccc2)c1OC. The van der Waals surface area contributed by atoms with Crippen molar-refractivity contribution in [2.24, 2.45) is 4.99 Å². The topological polar surface area (TPSA) is 108 Å². The van der Waals surface area contributed by atoms with Gasteiger partial charge in [0.1, 0.15) is 17.9 Å². The summed E-state index contributed by atoms with van der Waals surface area (Å²) < 4.78 is 26.9. The van der Waals surface area contributed by atoms with Crippen LogP contribution in [0.2, 0.25) is 0 Å². The van der Waals surface area contributed by atoms with Crippen molar-refractivity contribution in [2.45, 2.75) is 30.5 Å². The number of halogens is 1. The van der Waals surface area contributed by atoms with Crippen LogP contribution in [0.15, 0.2) is 94.8 Å². The smallest absolute Gasteiger partial charge is 0.351 e. The lowest BCUT2D eigenvalue weighted by atomic mass is 9.79. The highest BCUT2D eigenvalue weighted by Gasteiger charge is 2.44. The first-order valence-electron chi connectivity index (χ1n) is 14.1. The predicted molar refractivity (Wildman–Crippen MR) is 176 cm³/mol. The molecule has 3 aromatic carbocycles. The highest BCUT2D eigenvalue weighted by atomic mass is 127. The van der Waals surface area contributed by atoms with Gasteiger partial charge in [-0.2, -0.15) is 4.98 Å². The number of aromatic nitrogens is 2. The maximum absolute atomic E-state index is 13.0. The number of rotatable bonds is 11. The zero-order valence-corrected chi connectivity index (χ0v) is 27.1. The second-order valence-electron chi connectivity index (χ2n) is 10.5. The second kappa shape index (κ2) is 13.9. The third-order valence-electron chi connectivity index (χ3n) is 7.42. The lowest BCUT2D eigenvalue weighted by Crippen LogP contribution is -2.38. The molecule has 1 aliphatic heterocycles. The van der Waals surface area contributed by atoms with Gasteiger partial charge in [-0.05, 0) is 39.8 Å². The van der Waals surface area contributed by atoms with Gasteiger partial charge in [0.2, 0.25) is 0 Å². The number of aliphatic imine (C=N–C) groups is 1. The van der Waals surface area contributed by atoms with Crippen molar-refractivity contribution < 1.29 is 24.1 Å². The molecule has 0 bridgehead atoms. The Bertz CT molecular complexity index is 1610. The monoisotopic (exact) mass is 710 g/mol. The summed E-state index contributed by atoms with van der Waals surface area (Å²) in [6.07, 6.45) is 1.07. The van der Waals surface area contributed by atoms with Gasteiger partial charge in [-0.3, -0.25) is 4.57 Å². The zero-order chi connectivity index (χ0) is 31.3. The fourth-order valence-corrected chi connectivity index (χ4v) is 5.94. The van der Waals surface area contributed by atoms with Crippen LogP contribution in [0.25, 0.3) is 0 Å². The molecule has 1 aliphatic rings. The average Bonchev–Trinajstić information content (AvgIpc) is 3.42. The number of aliphatic hydroxyl groups is 1. The van der Waals surface area contributed by atoms with Gasteiger partial charge in [-0.15, -0.1) is 0 Å². The first-order chi connectivity index (χ1) is 21.3.